The van der Waals surface area contributed by atoms with Gasteiger partial charge in [0.05, 0.1) is 17.4 Å². The van der Waals surface area contributed by atoms with E-state index in [1.807, 2.05) is 59.9 Å². The van der Waals surface area contributed by atoms with Gasteiger partial charge in [-0.2, -0.15) is 18.3 Å². The van der Waals surface area contributed by atoms with Gasteiger partial charge in [0.1, 0.15) is 17.2 Å². The Morgan fingerprint density at radius 2 is 1.71 bits per heavy atom. The summed E-state index contributed by atoms with van der Waals surface area (Å²) in [5.41, 5.74) is 0.522. The molecule has 0 radical (unpaired) electrons. The Hall–Kier alpha value is -2.86. The van der Waals surface area contributed by atoms with E-state index in [0.717, 1.165) is 22.5 Å². The van der Waals surface area contributed by atoms with Gasteiger partial charge >= 0.3 is 13.3 Å². The molecule has 1 saturated heterocycles. The van der Waals surface area contributed by atoms with Crippen LogP contribution in [0.2, 0.25) is 0 Å². The number of aromatic nitrogens is 4. The van der Waals surface area contributed by atoms with Crippen LogP contribution in [-0.4, -0.2) is 50.8 Å². The second-order valence-corrected chi connectivity index (χ2v) is 8.36. The van der Waals surface area contributed by atoms with Crippen LogP contribution in [0.25, 0.3) is 5.65 Å². The van der Waals surface area contributed by atoms with E-state index in [4.69, 9.17) is 9.31 Å². The normalized spacial score (nSPS) is 16.4. The number of carbonyl (C=O) groups excluding carboxylic acids is 1. The first-order valence-electron chi connectivity index (χ1n) is 10.9. The maximum Gasteiger partial charge on any atom is 0.495 e. The minimum atomic E-state index is -4.37. The van der Waals surface area contributed by atoms with Crippen molar-refractivity contribution in [3.05, 3.63) is 42.0 Å². The molecule has 3 aromatic rings. The van der Waals surface area contributed by atoms with Crippen LogP contribution >= 0.6 is 0 Å². The first-order valence-corrected chi connectivity index (χ1v) is 10.9. The van der Waals surface area contributed by atoms with E-state index in [2.05, 4.69) is 15.4 Å². The van der Waals surface area contributed by atoms with Crippen molar-refractivity contribution in [1.29, 1.82) is 0 Å². The molecule has 0 saturated carbocycles. The molecule has 0 amide bonds. The summed E-state index contributed by atoms with van der Waals surface area (Å²) < 4.78 is 50.9. The molecule has 0 aromatic carbocycles. The summed E-state index contributed by atoms with van der Waals surface area (Å²) >= 11 is 0. The molecule has 1 N–H and O–H groups in total. The van der Waals surface area contributed by atoms with Crippen molar-refractivity contribution in [2.75, 3.05) is 12.4 Å². The zero-order valence-corrected chi connectivity index (χ0v) is 20.7. The molecule has 3 aromatic heterocycles. The van der Waals surface area contributed by atoms with Crippen LogP contribution in [0.5, 0.6) is 0 Å². The van der Waals surface area contributed by atoms with Crippen molar-refractivity contribution >= 4 is 30.3 Å². The molecule has 1 aliphatic rings. The van der Waals surface area contributed by atoms with Crippen molar-refractivity contribution in [3.63, 3.8) is 0 Å². The molecule has 34 heavy (non-hydrogen) atoms. The highest BCUT2D eigenvalue weighted by Crippen LogP contribution is 2.36. The highest BCUT2D eigenvalue weighted by atomic mass is 19.4. The topological polar surface area (TPSA) is 82.7 Å². The predicted octanol–water partition coefficient (Wildman–Crippen LogP) is 3.95. The highest BCUT2D eigenvalue weighted by molar-refractivity contribution is 6.62. The van der Waals surface area contributed by atoms with Crippen LogP contribution in [-0.2, 0) is 22.5 Å². The third kappa shape index (κ3) is 5.61. The molecule has 1 fully saturated rings. The van der Waals surface area contributed by atoms with E-state index in [9.17, 15) is 18.0 Å². The standard InChI is InChI=1S/C14H17BN2O3.C6H8F3N3.C2H6/c1-13(2)14(3,4)20-15(19-13)10-5-6-17-11(9-18)8-16-12(17)7-10;1-10-5-3-4(6(7,8)9)11-12(5)2;1-2/h5-9H,1-4H3;3,10H,1-2H3;1-2H3. The van der Waals surface area contributed by atoms with Gasteiger partial charge < -0.3 is 14.6 Å². The number of alkyl halides is 3. The molecule has 12 heteroatoms. The maximum absolute atomic E-state index is 12.0. The zero-order chi connectivity index (χ0) is 25.9. The Kier molecular flexibility index (Phi) is 8.20. The number of rotatable bonds is 3. The SMILES string of the molecule is CC.CC1(C)OB(c2ccn3c(C=O)cnc3c2)OC1(C)C.CNc1cc(C(F)(F)F)nn1C. The lowest BCUT2D eigenvalue weighted by Crippen LogP contribution is -2.41. The van der Waals surface area contributed by atoms with Crippen molar-refractivity contribution in [1.82, 2.24) is 19.2 Å². The van der Waals surface area contributed by atoms with Crippen LogP contribution in [0.3, 0.4) is 0 Å². The predicted molar refractivity (Wildman–Crippen MR) is 125 cm³/mol. The molecule has 4 rings (SSSR count). The van der Waals surface area contributed by atoms with Gasteiger partial charge in [0.25, 0.3) is 0 Å². The molecule has 0 bridgehead atoms. The minimum Gasteiger partial charge on any atom is -0.399 e. The van der Waals surface area contributed by atoms with E-state index in [0.29, 0.717) is 17.2 Å². The summed E-state index contributed by atoms with van der Waals surface area (Å²) in [6.45, 7) is 12.1. The monoisotopic (exact) mass is 481 g/mol. The summed E-state index contributed by atoms with van der Waals surface area (Å²) in [5.74, 6) is 0.335. The van der Waals surface area contributed by atoms with E-state index in [1.54, 1.807) is 10.6 Å². The largest absolute Gasteiger partial charge is 0.495 e. The zero-order valence-electron chi connectivity index (χ0n) is 20.7. The van der Waals surface area contributed by atoms with Gasteiger partial charge in [-0.15, -0.1) is 0 Å². The molecule has 0 unspecified atom stereocenters. The van der Waals surface area contributed by atoms with Gasteiger partial charge in [0, 0.05) is 26.4 Å². The smallest absolute Gasteiger partial charge is 0.399 e. The molecule has 8 nitrogen and oxygen atoms in total. The minimum absolute atomic E-state index is 0.335. The number of pyridine rings is 1. The molecule has 0 spiro atoms. The lowest BCUT2D eigenvalue weighted by Gasteiger charge is -2.32. The van der Waals surface area contributed by atoms with Gasteiger partial charge in [0.15, 0.2) is 12.0 Å². The number of halogens is 3. The van der Waals surface area contributed by atoms with Crippen LogP contribution in [0.1, 0.15) is 57.7 Å². The van der Waals surface area contributed by atoms with Gasteiger partial charge in [-0.05, 0) is 45.3 Å². The van der Waals surface area contributed by atoms with Gasteiger partial charge in [-0.3, -0.25) is 13.9 Å². The van der Waals surface area contributed by atoms with E-state index < -0.39 is 19.0 Å². The second kappa shape index (κ2) is 10.2. The number of imidazole rings is 1. The van der Waals surface area contributed by atoms with Crippen LogP contribution in [0.15, 0.2) is 30.6 Å². The molecule has 1 aliphatic heterocycles. The number of anilines is 1. The number of fused-ring (bicyclic) bond motifs is 1. The van der Waals surface area contributed by atoms with Crippen molar-refractivity contribution in [3.8, 4) is 0 Å². The summed E-state index contributed by atoms with van der Waals surface area (Å²) in [4.78, 5) is 15.1. The Balaban J connectivity index is 0.000000251. The molecule has 4 heterocycles. The quantitative estimate of drug-likeness (QED) is 0.451. The van der Waals surface area contributed by atoms with Gasteiger partial charge in [-0.1, -0.05) is 13.8 Å². The number of hydrogen-bond acceptors (Lipinski definition) is 6. The number of aldehydes is 1. The average Bonchev–Trinajstić information content (AvgIpc) is 3.42. The van der Waals surface area contributed by atoms with E-state index >= 15 is 0 Å². The van der Waals surface area contributed by atoms with E-state index in [-0.39, 0.29) is 11.2 Å². The lowest BCUT2D eigenvalue weighted by molar-refractivity contribution is -0.141. The van der Waals surface area contributed by atoms with Gasteiger partial charge in [-0.25, -0.2) is 4.98 Å². The number of nitrogens with one attached hydrogen (secondary N) is 1. The fourth-order valence-corrected chi connectivity index (χ4v) is 3.07. The maximum atomic E-state index is 12.0. The molecular formula is C22H31BF3N5O3. The van der Waals surface area contributed by atoms with E-state index in [1.165, 1.54) is 14.1 Å². The Bertz CT molecular complexity index is 1110. The van der Waals surface area contributed by atoms with Crippen molar-refractivity contribution < 1.29 is 27.3 Å². The number of aryl methyl sites for hydroxylation is 1. The summed E-state index contributed by atoms with van der Waals surface area (Å²) in [6, 6.07) is 4.74. The third-order valence-corrected chi connectivity index (χ3v) is 5.64. The first kappa shape index (κ1) is 27.4. The van der Waals surface area contributed by atoms with Crippen LogP contribution in [0, 0.1) is 0 Å². The van der Waals surface area contributed by atoms with Crippen molar-refractivity contribution in [2.45, 2.75) is 58.9 Å². The number of hydrogen-bond donors (Lipinski definition) is 1. The summed E-state index contributed by atoms with van der Waals surface area (Å²) in [6.07, 6.45) is -0.218. The Morgan fingerprint density at radius 1 is 1.12 bits per heavy atom. The first-order chi connectivity index (χ1) is 15.8. The lowest BCUT2D eigenvalue weighted by atomic mass is 9.80. The Labute approximate surface area is 197 Å². The fourth-order valence-electron chi connectivity index (χ4n) is 3.07. The molecular weight excluding hydrogens is 450 g/mol. The summed E-state index contributed by atoms with van der Waals surface area (Å²) in [7, 11) is 2.57. The van der Waals surface area contributed by atoms with Crippen LogP contribution < -0.4 is 10.8 Å². The average molecular weight is 481 g/mol. The number of carbonyl (C=O) groups is 1. The van der Waals surface area contributed by atoms with Crippen molar-refractivity contribution in [2.24, 2.45) is 7.05 Å². The highest BCUT2D eigenvalue weighted by Gasteiger charge is 2.51. The molecule has 0 atom stereocenters. The fraction of sp³-hybridized carbons (Fsp3) is 0.500. The summed E-state index contributed by atoms with van der Waals surface area (Å²) in [5, 5.41) is 5.87. The Morgan fingerprint density at radius 3 is 2.15 bits per heavy atom. The van der Waals surface area contributed by atoms with Gasteiger partial charge in [0.2, 0.25) is 0 Å². The third-order valence-electron chi connectivity index (χ3n) is 5.64. The van der Waals surface area contributed by atoms with Crippen LogP contribution in [0.4, 0.5) is 19.0 Å². The molecule has 186 valence electrons. The number of nitrogens with zero attached hydrogens (tertiary/aromatic N) is 4. The molecule has 0 aliphatic carbocycles. The second-order valence-electron chi connectivity index (χ2n) is 8.36.